The van der Waals surface area contributed by atoms with E-state index in [-0.39, 0.29) is 11.8 Å². The molecule has 0 spiro atoms. The van der Waals surface area contributed by atoms with Gasteiger partial charge in [0.25, 0.3) is 0 Å². The van der Waals surface area contributed by atoms with Gasteiger partial charge in [-0.05, 0) is 37.5 Å². The third-order valence-electron chi connectivity index (χ3n) is 3.45. The Bertz CT molecular complexity index is 634. The number of benzene rings is 1. The second kappa shape index (κ2) is 6.26. The van der Waals surface area contributed by atoms with Crippen LogP contribution in [0.3, 0.4) is 0 Å². The van der Waals surface area contributed by atoms with Crippen LogP contribution in [0.5, 0.6) is 0 Å². The summed E-state index contributed by atoms with van der Waals surface area (Å²) in [5, 5.41) is 7.51. The van der Waals surface area contributed by atoms with Gasteiger partial charge in [0.2, 0.25) is 5.91 Å². The Labute approximate surface area is 128 Å². The van der Waals surface area contributed by atoms with E-state index in [4.69, 9.17) is 0 Å². The van der Waals surface area contributed by atoms with Crippen LogP contribution < -0.4 is 10.6 Å². The summed E-state index contributed by atoms with van der Waals surface area (Å²) in [4.78, 5) is 17.3. The Balaban J connectivity index is 1.58. The van der Waals surface area contributed by atoms with E-state index in [9.17, 15) is 4.79 Å². The smallest absolute Gasteiger partial charge is 0.227 e. The van der Waals surface area contributed by atoms with Crippen LogP contribution in [-0.2, 0) is 17.8 Å². The molecular formula is C16H19N3OS. The van der Waals surface area contributed by atoms with Crippen LogP contribution >= 0.6 is 11.3 Å². The number of nitrogens with one attached hydrogen (secondary N) is 2. The molecule has 0 atom stereocenters. The van der Waals surface area contributed by atoms with Gasteiger partial charge in [0.1, 0.15) is 0 Å². The van der Waals surface area contributed by atoms with Gasteiger partial charge in [0.05, 0.1) is 11.6 Å². The van der Waals surface area contributed by atoms with E-state index < -0.39 is 0 Å². The minimum Gasteiger partial charge on any atom is -0.380 e. The quantitative estimate of drug-likeness (QED) is 0.856. The Morgan fingerprint density at radius 3 is 2.90 bits per heavy atom. The number of hydrogen-bond acceptors (Lipinski definition) is 4. The third kappa shape index (κ3) is 3.82. The lowest BCUT2D eigenvalue weighted by Gasteiger charge is -2.08. The lowest BCUT2D eigenvalue weighted by atomic mass is 10.2. The first-order chi connectivity index (χ1) is 10.2. The molecule has 1 aromatic carbocycles. The zero-order chi connectivity index (χ0) is 14.7. The number of amides is 1. The van der Waals surface area contributed by atoms with Crippen molar-refractivity contribution in [2.24, 2.45) is 5.92 Å². The van der Waals surface area contributed by atoms with Gasteiger partial charge in [-0.25, -0.2) is 4.98 Å². The molecule has 3 rings (SSSR count). The van der Waals surface area contributed by atoms with Gasteiger partial charge in [0, 0.05) is 28.4 Å². The first-order valence-electron chi connectivity index (χ1n) is 7.33. The van der Waals surface area contributed by atoms with Crippen molar-refractivity contribution in [3.8, 4) is 0 Å². The number of aryl methyl sites for hydroxylation is 1. The summed E-state index contributed by atoms with van der Waals surface area (Å²) in [5.41, 5.74) is 1.87. The Morgan fingerprint density at radius 1 is 1.38 bits per heavy atom. The predicted molar refractivity (Wildman–Crippen MR) is 86.6 cm³/mol. The molecule has 1 aromatic heterocycles. The normalized spacial score (nSPS) is 14.0. The van der Waals surface area contributed by atoms with E-state index in [1.54, 1.807) is 11.3 Å². The van der Waals surface area contributed by atoms with Crippen LogP contribution in [0.4, 0.5) is 11.4 Å². The zero-order valence-electron chi connectivity index (χ0n) is 12.1. The number of carbonyl (C=O) groups is 1. The van der Waals surface area contributed by atoms with Crippen molar-refractivity contribution in [3.63, 3.8) is 0 Å². The van der Waals surface area contributed by atoms with E-state index in [0.29, 0.717) is 0 Å². The standard InChI is InChI=1S/C16H19N3OS/c1-2-15-18-10-14(21-15)9-17-12-4-3-5-13(8-12)19-16(20)11-6-7-11/h3-5,8,10-11,17H,2,6-7,9H2,1H3,(H,19,20). The van der Waals surface area contributed by atoms with Crippen molar-refractivity contribution in [1.29, 1.82) is 0 Å². The monoisotopic (exact) mass is 301 g/mol. The lowest BCUT2D eigenvalue weighted by molar-refractivity contribution is -0.117. The SMILES string of the molecule is CCc1ncc(CNc2cccc(NC(=O)C3CC3)c2)s1. The Kier molecular flexibility index (Phi) is 4.20. The number of hydrogen-bond donors (Lipinski definition) is 2. The van der Waals surface area contributed by atoms with Crippen molar-refractivity contribution in [1.82, 2.24) is 4.98 Å². The molecule has 1 fully saturated rings. The topological polar surface area (TPSA) is 54.0 Å². The van der Waals surface area contributed by atoms with Gasteiger partial charge in [-0.15, -0.1) is 11.3 Å². The summed E-state index contributed by atoms with van der Waals surface area (Å²) in [6.07, 6.45) is 4.95. The van der Waals surface area contributed by atoms with Gasteiger partial charge >= 0.3 is 0 Å². The number of nitrogens with zero attached hydrogens (tertiary/aromatic N) is 1. The van der Waals surface area contributed by atoms with Crippen LogP contribution in [0.15, 0.2) is 30.5 Å². The molecule has 1 heterocycles. The van der Waals surface area contributed by atoms with Crippen LogP contribution in [-0.4, -0.2) is 10.9 Å². The molecule has 1 amide bonds. The second-order valence-electron chi connectivity index (χ2n) is 5.27. The summed E-state index contributed by atoms with van der Waals surface area (Å²) < 4.78 is 0. The van der Waals surface area contributed by atoms with E-state index in [0.717, 1.165) is 42.2 Å². The maximum Gasteiger partial charge on any atom is 0.227 e. The maximum absolute atomic E-state index is 11.8. The average Bonchev–Trinajstić information content (AvgIpc) is 3.25. The minimum atomic E-state index is 0.141. The van der Waals surface area contributed by atoms with Gasteiger partial charge in [-0.1, -0.05) is 13.0 Å². The molecule has 4 nitrogen and oxygen atoms in total. The number of thiazole rings is 1. The number of anilines is 2. The molecule has 1 aliphatic rings. The molecule has 110 valence electrons. The molecule has 2 aromatic rings. The number of aromatic nitrogens is 1. The molecule has 0 bridgehead atoms. The summed E-state index contributed by atoms with van der Waals surface area (Å²) in [6, 6.07) is 7.86. The van der Waals surface area contributed by atoms with Crippen LogP contribution in [0.1, 0.15) is 29.7 Å². The molecule has 21 heavy (non-hydrogen) atoms. The minimum absolute atomic E-state index is 0.141. The fourth-order valence-corrected chi connectivity index (χ4v) is 2.88. The van der Waals surface area contributed by atoms with E-state index in [2.05, 4.69) is 22.5 Å². The fourth-order valence-electron chi connectivity index (χ4n) is 2.08. The predicted octanol–water partition coefficient (Wildman–Crippen LogP) is 3.67. The van der Waals surface area contributed by atoms with Crippen molar-refractivity contribution in [3.05, 3.63) is 40.3 Å². The highest BCUT2D eigenvalue weighted by atomic mass is 32.1. The van der Waals surface area contributed by atoms with Gasteiger partial charge in [-0.3, -0.25) is 4.79 Å². The Hall–Kier alpha value is -1.88. The molecule has 1 saturated carbocycles. The lowest BCUT2D eigenvalue weighted by Crippen LogP contribution is -2.13. The van der Waals surface area contributed by atoms with Crippen molar-refractivity contribution < 1.29 is 4.79 Å². The van der Waals surface area contributed by atoms with Gasteiger partial charge < -0.3 is 10.6 Å². The van der Waals surface area contributed by atoms with Crippen LogP contribution in [0.25, 0.3) is 0 Å². The Morgan fingerprint density at radius 2 is 2.19 bits per heavy atom. The van der Waals surface area contributed by atoms with Crippen LogP contribution in [0, 0.1) is 5.92 Å². The molecule has 2 N–H and O–H groups in total. The second-order valence-corrected chi connectivity index (χ2v) is 6.47. The molecule has 0 saturated heterocycles. The summed E-state index contributed by atoms with van der Waals surface area (Å²) in [6.45, 7) is 2.87. The molecule has 0 aliphatic heterocycles. The number of rotatable bonds is 6. The maximum atomic E-state index is 11.8. The summed E-state index contributed by atoms with van der Waals surface area (Å²) in [7, 11) is 0. The molecule has 0 unspecified atom stereocenters. The largest absolute Gasteiger partial charge is 0.380 e. The third-order valence-corrected chi connectivity index (χ3v) is 4.59. The fraction of sp³-hybridized carbons (Fsp3) is 0.375. The molecular weight excluding hydrogens is 282 g/mol. The van der Waals surface area contributed by atoms with Gasteiger partial charge in [-0.2, -0.15) is 0 Å². The molecule has 5 heteroatoms. The first kappa shape index (κ1) is 14.1. The first-order valence-corrected chi connectivity index (χ1v) is 8.14. The zero-order valence-corrected chi connectivity index (χ0v) is 12.9. The van der Waals surface area contributed by atoms with E-state index in [1.165, 1.54) is 4.88 Å². The highest BCUT2D eigenvalue weighted by molar-refractivity contribution is 7.11. The highest BCUT2D eigenvalue weighted by Crippen LogP contribution is 2.30. The summed E-state index contributed by atoms with van der Waals surface area (Å²) >= 11 is 1.74. The van der Waals surface area contributed by atoms with E-state index in [1.807, 2.05) is 30.5 Å². The van der Waals surface area contributed by atoms with Crippen LogP contribution in [0.2, 0.25) is 0 Å². The van der Waals surface area contributed by atoms with Gasteiger partial charge in [0.15, 0.2) is 0 Å². The van der Waals surface area contributed by atoms with Crippen molar-refractivity contribution in [2.75, 3.05) is 10.6 Å². The van der Waals surface area contributed by atoms with Crippen molar-refractivity contribution >= 4 is 28.6 Å². The molecule has 1 aliphatic carbocycles. The summed E-state index contributed by atoms with van der Waals surface area (Å²) in [5.74, 6) is 0.369. The average molecular weight is 301 g/mol. The molecule has 0 radical (unpaired) electrons. The van der Waals surface area contributed by atoms with Crippen molar-refractivity contribution in [2.45, 2.75) is 32.7 Å². The number of carbonyl (C=O) groups excluding carboxylic acids is 1. The highest BCUT2D eigenvalue weighted by Gasteiger charge is 2.29. The van der Waals surface area contributed by atoms with E-state index >= 15 is 0 Å².